The van der Waals surface area contributed by atoms with E-state index in [0.29, 0.717) is 12.1 Å². The molecule has 1 saturated carbocycles. The Morgan fingerprint density at radius 1 is 1.24 bits per heavy atom. The summed E-state index contributed by atoms with van der Waals surface area (Å²) in [7, 11) is 0. The number of anilines is 1. The molecular formula is C17H24FIN2. The number of piperidine rings is 1. The molecule has 0 amide bonds. The molecule has 1 aliphatic carbocycles. The van der Waals surface area contributed by atoms with Gasteiger partial charge in [-0.15, -0.1) is 0 Å². The number of likely N-dealkylation sites (tertiary alicyclic amines) is 1. The quantitative estimate of drug-likeness (QED) is 0.757. The van der Waals surface area contributed by atoms with Gasteiger partial charge in [0.05, 0.1) is 0 Å². The zero-order valence-corrected chi connectivity index (χ0v) is 14.9. The van der Waals surface area contributed by atoms with Crippen LogP contribution in [-0.2, 0) is 0 Å². The van der Waals surface area contributed by atoms with E-state index >= 15 is 0 Å². The fourth-order valence-electron chi connectivity index (χ4n) is 3.92. The van der Waals surface area contributed by atoms with Gasteiger partial charge in [0, 0.05) is 34.4 Å². The van der Waals surface area contributed by atoms with Crippen LogP contribution in [0.4, 0.5) is 10.1 Å². The molecule has 2 bridgehead atoms. The van der Waals surface area contributed by atoms with Gasteiger partial charge in [-0.3, -0.25) is 0 Å². The lowest BCUT2D eigenvalue weighted by atomic mass is 9.73. The maximum Gasteiger partial charge on any atom is 0.124 e. The zero-order chi connectivity index (χ0) is 15.0. The summed E-state index contributed by atoms with van der Waals surface area (Å²) < 4.78 is 14.2. The predicted molar refractivity (Wildman–Crippen MR) is 94.1 cm³/mol. The van der Waals surface area contributed by atoms with Gasteiger partial charge in [-0.2, -0.15) is 0 Å². The van der Waals surface area contributed by atoms with Gasteiger partial charge in [-0.25, -0.2) is 4.39 Å². The summed E-state index contributed by atoms with van der Waals surface area (Å²) in [4.78, 5) is 2.63. The Bertz CT molecular complexity index is 492. The first-order chi connectivity index (χ1) is 10.0. The van der Waals surface area contributed by atoms with Crippen molar-refractivity contribution in [2.75, 3.05) is 18.4 Å². The van der Waals surface area contributed by atoms with E-state index in [0.717, 1.165) is 21.1 Å². The lowest BCUT2D eigenvalue weighted by Gasteiger charge is -2.49. The Balaban J connectivity index is 1.76. The molecule has 2 nitrogen and oxygen atoms in total. The Morgan fingerprint density at radius 3 is 2.48 bits per heavy atom. The number of hydrogen-bond acceptors (Lipinski definition) is 2. The molecule has 1 N–H and O–H groups in total. The summed E-state index contributed by atoms with van der Waals surface area (Å²) in [5.41, 5.74) is 1.09. The number of benzene rings is 1. The van der Waals surface area contributed by atoms with Crippen LogP contribution in [-0.4, -0.2) is 30.1 Å². The highest BCUT2D eigenvalue weighted by Gasteiger charge is 2.40. The van der Waals surface area contributed by atoms with Crippen LogP contribution in [0, 0.1) is 21.2 Å². The summed E-state index contributed by atoms with van der Waals surface area (Å²) in [6.45, 7) is 6.99. The van der Waals surface area contributed by atoms with E-state index < -0.39 is 0 Å². The average Bonchev–Trinajstić information content (AvgIpc) is 2.41. The zero-order valence-electron chi connectivity index (χ0n) is 12.8. The second kappa shape index (κ2) is 6.41. The maximum atomic E-state index is 13.3. The van der Waals surface area contributed by atoms with Crippen molar-refractivity contribution in [2.24, 2.45) is 11.8 Å². The number of halogens is 2. The van der Waals surface area contributed by atoms with Crippen LogP contribution in [0.15, 0.2) is 18.2 Å². The van der Waals surface area contributed by atoms with Gasteiger partial charge in [-0.05, 0) is 79.3 Å². The molecule has 1 aromatic carbocycles. The molecule has 3 rings (SSSR count). The molecule has 21 heavy (non-hydrogen) atoms. The van der Waals surface area contributed by atoms with Crippen molar-refractivity contribution in [2.45, 2.75) is 45.2 Å². The van der Waals surface area contributed by atoms with Crippen LogP contribution in [0.25, 0.3) is 0 Å². The van der Waals surface area contributed by atoms with Gasteiger partial charge in [0.2, 0.25) is 0 Å². The molecule has 116 valence electrons. The predicted octanol–water partition coefficient (Wildman–Crippen LogP) is 4.35. The SMILES string of the molecule is CC(C)N1CC2CCCC(C1)C2Nc1ccc(F)cc1I. The minimum absolute atomic E-state index is 0.153. The Morgan fingerprint density at radius 2 is 1.90 bits per heavy atom. The molecule has 4 heteroatoms. The summed E-state index contributed by atoms with van der Waals surface area (Å²) in [5, 5.41) is 3.74. The largest absolute Gasteiger partial charge is 0.381 e. The molecule has 1 heterocycles. The lowest BCUT2D eigenvalue weighted by Crippen LogP contribution is -2.56. The number of fused-ring (bicyclic) bond motifs is 2. The van der Waals surface area contributed by atoms with E-state index in [2.05, 4.69) is 46.7 Å². The van der Waals surface area contributed by atoms with Crippen molar-refractivity contribution < 1.29 is 4.39 Å². The van der Waals surface area contributed by atoms with Gasteiger partial charge in [-0.1, -0.05) is 6.42 Å². The molecule has 0 radical (unpaired) electrons. The standard InChI is InChI=1S/C17H24FIN2/c1-11(2)21-9-12-4-3-5-13(10-21)17(12)20-16-7-6-14(18)8-15(16)19/h6-8,11-13,17,20H,3-5,9-10H2,1-2H3. The second-order valence-corrected chi connectivity index (χ2v) is 7.96. The Labute approximate surface area is 140 Å². The third kappa shape index (κ3) is 3.36. The fraction of sp³-hybridized carbons (Fsp3) is 0.647. The molecule has 1 aromatic rings. The Hall–Kier alpha value is -0.360. The first kappa shape index (κ1) is 15.5. The lowest BCUT2D eigenvalue weighted by molar-refractivity contribution is 0.0518. The Kier molecular flexibility index (Phi) is 4.74. The van der Waals surface area contributed by atoms with E-state index in [4.69, 9.17) is 0 Å². The fourth-order valence-corrected chi connectivity index (χ4v) is 4.55. The van der Waals surface area contributed by atoms with Crippen LogP contribution in [0.5, 0.6) is 0 Å². The van der Waals surface area contributed by atoms with Gasteiger partial charge < -0.3 is 10.2 Å². The van der Waals surface area contributed by atoms with Crippen LogP contribution in [0.1, 0.15) is 33.1 Å². The number of rotatable bonds is 3. The number of nitrogens with zero attached hydrogens (tertiary/aromatic N) is 1. The van der Waals surface area contributed by atoms with E-state index in [9.17, 15) is 4.39 Å². The molecule has 1 saturated heterocycles. The first-order valence-electron chi connectivity index (χ1n) is 8.00. The number of hydrogen-bond donors (Lipinski definition) is 1. The smallest absolute Gasteiger partial charge is 0.124 e. The highest BCUT2D eigenvalue weighted by Crippen LogP contribution is 2.38. The van der Waals surface area contributed by atoms with Crippen molar-refractivity contribution in [1.82, 2.24) is 4.90 Å². The van der Waals surface area contributed by atoms with Gasteiger partial charge in [0.1, 0.15) is 5.82 Å². The monoisotopic (exact) mass is 402 g/mol. The molecule has 1 aliphatic heterocycles. The highest BCUT2D eigenvalue weighted by molar-refractivity contribution is 14.1. The topological polar surface area (TPSA) is 15.3 Å². The normalized spacial score (nSPS) is 29.7. The summed E-state index contributed by atoms with van der Waals surface area (Å²) in [6.07, 6.45) is 3.99. The summed E-state index contributed by atoms with van der Waals surface area (Å²) in [6, 6.07) is 6.25. The second-order valence-electron chi connectivity index (χ2n) is 6.79. The summed E-state index contributed by atoms with van der Waals surface area (Å²) in [5.74, 6) is 1.29. The third-order valence-corrected chi connectivity index (χ3v) is 5.98. The van der Waals surface area contributed by atoms with Crippen molar-refractivity contribution >= 4 is 28.3 Å². The van der Waals surface area contributed by atoms with Crippen molar-refractivity contribution in [3.05, 3.63) is 27.6 Å². The molecule has 2 atom stereocenters. The molecule has 2 unspecified atom stereocenters. The van der Waals surface area contributed by atoms with Crippen molar-refractivity contribution in [1.29, 1.82) is 0 Å². The molecular weight excluding hydrogens is 378 g/mol. The molecule has 2 fully saturated rings. The van der Waals surface area contributed by atoms with Crippen LogP contribution in [0.2, 0.25) is 0 Å². The van der Waals surface area contributed by atoms with Gasteiger partial charge in [0.15, 0.2) is 0 Å². The molecule has 0 aromatic heterocycles. The first-order valence-corrected chi connectivity index (χ1v) is 9.08. The van der Waals surface area contributed by atoms with Crippen LogP contribution in [0.3, 0.4) is 0 Å². The highest BCUT2D eigenvalue weighted by atomic mass is 127. The van der Waals surface area contributed by atoms with Crippen molar-refractivity contribution in [3.63, 3.8) is 0 Å². The van der Waals surface area contributed by atoms with Crippen LogP contribution >= 0.6 is 22.6 Å². The van der Waals surface area contributed by atoms with Gasteiger partial charge in [0.25, 0.3) is 0 Å². The molecule has 0 spiro atoms. The minimum Gasteiger partial charge on any atom is -0.381 e. The molecule has 2 aliphatic rings. The average molecular weight is 402 g/mol. The van der Waals surface area contributed by atoms with E-state index in [-0.39, 0.29) is 5.82 Å². The van der Waals surface area contributed by atoms with E-state index in [1.807, 2.05) is 6.07 Å². The van der Waals surface area contributed by atoms with E-state index in [1.165, 1.54) is 32.4 Å². The minimum atomic E-state index is -0.153. The number of nitrogens with one attached hydrogen (secondary N) is 1. The van der Waals surface area contributed by atoms with Crippen LogP contribution < -0.4 is 5.32 Å². The maximum absolute atomic E-state index is 13.3. The third-order valence-electron chi connectivity index (χ3n) is 5.09. The van der Waals surface area contributed by atoms with Gasteiger partial charge >= 0.3 is 0 Å². The van der Waals surface area contributed by atoms with Crippen molar-refractivity contribution in [3.8, 4) is 0 Å². The summed E-state index contributed by atoms with van der Waals surface area (Å²) >= 11 is 2.23. The van der Waals surface area contributed by atoms with E-state index in [1.54, 1.807) is 12.1 Å².